The van der Waals surface area contributed by atoms with Crippen LogP contribution in [-0.4, -0.2) is 34.1 Å². The molecule has 29 heavy (non-hydrogen) atoms. The Labute approximate surface area is 177 Å². The molecule has 6 nitrogen and oxygen atoms in total. The maximum absolute atomic E-state index is 11.4. The molecule has 0 spiro atoms. The highest BCUT2D eigenvalue weighted by Gasteiger charge is 2.19. The van der Waals surface area contributed by atoms with E-state index in [1.807, 2.05) is 60.3 Å². The molecule has 0 amide bonds. The number of nitrogens with zero attached hydrogens (tertiary/aromatic N) is 2. The lowest BCUT2D eigenvalue weighted by molar-refractivity contribution is 0.355. The summed E-state index contributed by atoms with van der Waals surface area (Å²) in [7, 11) is 3.16. The Morgan fingerprint density at radius 1 is 1.14 bits per heavy atom. The fraction of sp³-hybridized carbons (Fsp3) is 0.238. The van der Waals surface area contributed by atoms with Gasteiger partial charge in [0.25, 0.3) is 0 Å². The van der Waals surface area contributed by atoms with E-state index in [1.165, 1.54) is 0 Å². The summed E-state index contributed by atoms with van der Waals surface area (Å²) in [6.07, 6.45) is 3.81. The first kappa shape index (κ1) is 21.2. The molecule has 0 radical (unpaired) electrons. The summed E-state index contributed by atoms with van der Waals surface area (Å²) >= 11 is 4.38. The van der Waals surface area contributed by atoms with Gasteiger partial charge in [0.05, 0.1) is 31.3 Å². The monoisotopic (exact) mass is 434 g/mol. The van der Waals surface area contributed by atoms with E-state index in [1.54, 1.807) is 20.3 Å². The van der Waals surface area contributed by atoms with Crippen LogP contribution in [0.3, 0.4) is 0 Å². The van der Waals surface area contributed by atoms with E-state index in [9.17, 15) is 8.76 Å². The lowest BCUT2D eigenvalue weighted by atomic mass is 10.1. The number of halogens is 1. The zero-order chi connectivity index (χ0) is 21.0. The van der Waals surface area contributed by atoms with E-state index in [0.29, 0.717) is 23.1 Å². The molecule has 1 heterocycles. The highest BCUT2D eigenvalue weighted by atomic mass is 35.5. The van der Waals surface area contributed by atoms with E-state index in [0.717, 1.165) is 22.6 Å². The Kier molecular flexibility index (Phi) is 6.84. The maximum Gasteiger partial charge on any atom is 0.184 e. The van der Waals surface area contributed by atoms with Crippen LogP contribution in [0.1, 0.15) is 12.5 Å². The largest absolute Gasteiger partial charge is 0.493 e. The van der Waals surface area contributed by atoms with Gasteiger partial charge in [-0.3, -0.25) is 0 Å². The van der Waals surface area contributed by atoms with Gasteiger partial charge in [-0.1, -0.05) is 17.7 Å². The Balaban J connectivity index is 2.15. The van der Waals surface area contributed by atoms with Gasteiger partial charge in [0.15, 0.2) is 22.6 Å². The third-order valence-corrected chi connectivity index (χ3v) is 5.35. The molecule has 1 N–H and O–H groups in total. The number of benzene rings is 2. The first-order chi connectivity index (χ1) is 14.0. The minimum absolute atomic E-state index is 0.0498. The fourth-order valence-corrected chi connectivity index (χ4v) is 4.03. The minimum Gasteiger partial charge on any atom is -0.493 e. The van der Waals surface area contributed by atoms with Gasteiger partial charge in [-0.25, -0.2) is 4.21 Å². The standard InChI is InChI=1S/C21H23ClN2O4S/c1-4-24(19-11-16(22)12-20(27-2)21(19)28-3)17-8-7-15(14-29(25)26)18(13-17)23-9-5-6-10-23/h5-13H,4,14H2,1-3H3,(H,25,26). The number of rotatable bonds is 8. The van der Waals surface area contributed by atoms with Gasteiger partial charge < -0.3 is 23.5 Å². The van der Waals surface area contributed by atoms with Crippen LogP contribution in [0.15, 0.2) is 54.9 Å². The second kappa shape index (κ2) is 9.35. The van der Waals surface area contributed by atoms with Gasteiger partial charge in [0.1, 0.15) is 0 Å². The predicted molar refractivity (Wildman–Crippen MR) is 117 cm³/mol. The Morgan fingerprint density at radius 3 is 2.45 bits per heavy atom. The molecule has 0 saturated carbocycles. The smallest absolute Gasteiger partial charge is 0.184 e. The maximum atomic E-state index is 11.4. The molecule has 0 aliphatic heterocycles. The van der Waals surface area contributed by atoms with Gasteiger partial charge in [-0.05, 0) is 42.8 Å². The van der Waals surface area contributed by atoms with Gasteiger partial charge in [0, 0.05) is 35.7 Å². The summed E-state index contributed by atoms with van der Waals surface area (Å²) in [4.78, 5) is 2.06. The molecular weight excluding hydrogens is 412 g/mol. The lowest BCUT2D eigenvalue weighted by Gasteiger charge is -2.27. The van der Waals surface area contributed by atoms with E-state index < -0.39 is 11.1 Å². The molecule has 1 atom stereocenters. The van der Waals surface area contributed by atoms with E-state index in [-0.39, 0.29) is 5.75 Å². The van der Waals surface area contributed by atoms with Crippen LogP contribution in [0.5, 0.6) is 11.5 Å². The molecular formula is C21H23ClN2O4S. The van der Waals surface area contributed by atoms with Gasteiger partial charge in [-0.15, -0.1) is 0 Å². The molecule has 0 aliphatic carbocycles. The van der Waals surface area contributed by atoms with Crippen molar-refractivity contribution in [1.29, 1.82) is 0 Å². The lowest BCUT2D eigenvalue weighted by Crippen LogP contribution is -2.18. The zero-order valence-corrected chi connectivity index (χ0v) is 18.0. The quantitative estimate of drug-likeness (QED) is 0.504. The van der Waals surface area contributed by atoms with Crippen LogP contribution in [0, 0.1) is 0 Å². The van der Waals surface area contributed by atoms with Crippen LogP contribution >= 0.6 is 11.6 Å². The third-order valence-electron chi connectivity index (χ3n) is 4.57. The highest BCUT2D eigenvalue weighted by Crippen LogP contribution is 2.43. The average molecular weight is 435 g/mol. The van der Waals surface area contributed by atoms with Crippen LogP contribution in [0.25, 0.3) is 5.69 Å². The first-order valence-corrected chi connectivity index (χ1v) is 10.7. The molecule has 3 rings (SSSR count). The van der Waals surface area contributed by atoms with Crippen LogP contribution in [0.2, 0.25) is 5.02 Å². The van der Waals surface area contributed by atoms with Crippen LogP contribution in [0.4, 0.5) is 11.4 Å². The molecule has 1 unspecified atom stereocenters. The molecule has 3 aromatic rings. The summed E-state index contributed by atoms with van der Waals surface area (Å²) < 4.78 is 33.8. The Bertz CT molecular complexity index is 1010. The van der Waals surface area contributed by atoms with Gasteiger partial charge >= 0.3 is 0 Å². The summed E-state index contributed by atoms with van der Waals surface area (Å²) in [6.45, 7) is 2.68. The second-order valence-electron chi connectivity index (χ2n) is 6.27. The second-order valence-corrected chi connectivity index (χ2v) is 7.64. The molecule has 0 aliphatic rings. The first-order valence-electron chi connectivity index (χ1n) is 9.01. The van der Waals surface area contributed by atoms with Crippen LogP contribution in [-0.2, 0) is 16.8 Å². The molecule has 0 fully saturated rings. The summed E-state index contributed by atoms with van der Waals surface area (Å²) in [5.41, 5.74) is 3.28. The third kappa shape index (κ3) is 4.58. The topological polar surface area (TPSA) is 63.9 Å². The normalized spacial score (nSPS) is 11.9. The van der Waals surface area contributed by atoms with Crippen molar-refractivity contribution in [2.75, 3.05) is 25.7 Å². The van der Waals surface area contributed by atoms with E-state index in [4.69, 9.17) is 21.1 Å². The summed E-state index contributed by atoms with van der Waals surface area (Å²) in [6, 6.07) is 13.1. The van der Waals surface area contributed by atoms with Gasteiger partial charge in [-0.2, -0.15) is 0 Å². The predicted octanol–water partition coefficient (Wildman–Crippen LogP) is 5.03. The highest BCUT2D eigenvalue weighted by molar-refractivity contribution is 7.78. The number of aromatic nitrogens is 1. The summed E-state index contributed by atoms with van der Waals surface area (Å²) in [5, 5.41) is 0.536. The number of hydrogen-bond donors (Lipinski definition) is 1. The number of anilines is 2. The van der Waals surface area contributed by atoms with Crippen LogP contribution < -0.4 is 14.4 Å². The Morgan fingerprint density at radius 2 is 1.86 bits per heavy atom. The van der Waals surface area contributed by atoms with Crippen molar-refractivity contribution in [1.82, 2.24) is 4.57 Å². The fourth-order valence-electron chi connectivity index (χ4n) is 3.31. The summed E-state index contributed by atoms with van der Waals surface area (Å²) in [5.74, 6) is 1.18. The number of hydrogen-bond acceptors (Lipinski definition) is 4. The Hall–Kier alpha value is -2.48. The van der Waals surface area contributed by atoms with Crippen molar-refractivity contribution >= 4 is 34.1 Å². The van der Waals surface area contributed by atoms with Crippen molar-refractivity contribution < 1.29 is 18.2 Å². The number of methoxy groups -OCH3 is 2. The molecule has 8 heteroatoms. The molecule has 2 aromatic carbocycles. The molecule has 154 valence electrons. The minimum atomic E-state index is -1.94. The molecule has 0 saturated heterocycles. The average Bonchev–Trinajstić information content (AvgIpc) is 3.23. The van der Waals surface area contributed by atoms with Crippen molar-refractivity contribution in [2.45, 2.75) is 12.7 Å². The van der Waals surface area contributed by atoms with Crippen molar-refractivity contribution in [2.24, 2.45) is 0 Å². The SMILES string of the molecule is CCN(c1ccc(CS(=O)O)c(-n2cccc2)c1)c1cc(Cl)cc(OC)c1OC. The molecule has 1 aromatic heterocycles. The molecule has 0 bridgehead atoms. The zero-order valence-electron chi connectivity index (χ0n) is 16.5. The van der Waals surface area contributed by atoms with E-state index in [2.05, 4.69) is 4.90 Å². The van der Waals surface area contributed by atoms with Gasteiger partial charge in [0.2, 0.25) is 0 Å². The van der Waals surface area contributed by atoms with E-state index >= 15 is 0 Å². The van der Waals surface area contributed by atoms with Crippen molar-refractivity contribution in [3.8, 4) is 17.2 Å². The van der Waals surface area contributed by atoms with Crippen molar-refractivity contribution in [3.63, 3.8) is 0 Å². The number of ether oxygens (including phenoxy) is 2. The van der Waals surface area contributed by atoms with Crippen molar-refractivity contribution in [3.05, 3.63) is 65.4 Å².